The fourth-order valence-corrected chi connectivity index (χ4v) is 2.01. The predicted molar refractivity (Wildman–Crippen MR) is 69.6 cm³/mol. The predicted octanol–water partition coefficient (Wildman–Crippen LogP) is 3.44. The first-order chi connectivity index (χ1) is 7.69. The second-order valence-corrected chi connectivity index (χ2v) is 4.57. The summed E-state index contributed by atoms with van der Waals surface area (Å²) in [5.74, 6) is 0.511. The monoisotopic (exact) mass is 220 g/mol. The van der Waals surface area contributed by atoms with Crippen LogP contribution in [-0.2, 0) is 6.54 Å². The zero-order valence-electron chi connectivity index (χ0n) is 11.0. The van der Waals surface area contributed by atoms with E-state index in [0.29, 0.717) is 5.92 Å². The van der Waals surface area contributed by atoms with E-state index in [1.165, 1.54) is 24.2 Å². The molecule has 0 saturated carbocycles. The van der Waals surface area contributed by atoms with Crippen LogP contribution in [0.3, 0.4) is 0 Å². The van der Waals surface area contributed by atoms with Gasteiger partial charge in [0, 0.05) is 18.4 Å². The Balaban J connectivity index is 2.78. The first kappa shape index (κ1) is 13.2. The van der Waals surface area contributed by atoms with Crippen molar-refractivity contribution >= 4 is 0 Å². The minimum absolute atomic E-state index is 0.511. The van der Waals surface area contributed by atoms with Gasteiger partial charge in [0.05, 0.1) is 0 Å². The van der Waals surface area contributed by atoms with Crippen LogP contribution in [0.15, 0.2) is 18.3 Å². The third-order valence-corrected chi connectivity index (χ3v) is 2.85. The Morgan fingerprint density at radius 1 is 1.31 bits per heavy atom. The van der Waals surface area contributed by atoms with Crippen molar-refractivity contribution in [3.63, 3.8) is 0 Å². The molecule has 0 aromatic carbocycles. The molecule has 0 aliphatic carbocycles. The Morgan fingerprint density at radius 2 is 2.06 bits per heavy atom. The number of nitrogens with zero attached hydrogens (tertiary/aromatic N) is 2. The summed E-state index contributed by atoms with van der Waals surface area (Å²) < 4.78 is 0. The van der Waals surface area contributed by atoms with Gasteiger partial charge in [0.15, 0.2) is 0 Å². The highest BCUT2D eigenvalue weighted by molar-refractivity contribution is 5.22. The molecule has 0 atom stereocenters. The van der Waals surface area contributed by atoms with Gasteiger partial charge >= 0.3 is 0 Å². The molecule has 1 aromatic rings. The van der Waals surface area contributed by atoms with E-state index in [-0.39, 0.29) is 0 Å². The maximum absolute atomic E-state index is 4.50. The van der Waals surface area contributed by atoms with Gasteiger partial charge in [-0.15, -0.1) is 0 Å². The van der Waals surface area contributed by atoms with Gasteiger partial charge in [0.2, 0.25) is 0 Å². The van der Waals surface area contributed by atoms with E-state index in [4.69, 9.17) is 0 Å². The zero-order valence-corrected chi connectivity index (χ0v) is 11.0. The lowest BCUT2D eigenvalue weighted by Gasteiger charge is -2.21. The molecule has 2 nitrogen and oxygen atoms in total. The SMILES string of the molecule is CCCN(CC)Cc1cccnc1C(C)C. The van der Waals surface area contributed by atoms with E-state index in [1.807, 2.05) is 12.3 Å². The molecule has 0 spiro atoms. The van der Waals surface area contributed by atoms with E-state index >= 15 is 0 Å². The third-order valence-electron chi connectivity index (χ3n) is 2.85. The molecular weight excluding hydrogens is 196 g/mol. The number of hydrogen-bond acceptors (Lipinski definition) is 2. The van der Waals surface area contributed by atoms with Crippen LogP contribution < -0.4 is 0 Å². The summed E-state index contributed by atoms with van der Waals surface area (Å²) in [6.07, 6.45) is 3.11. The second-order valence-electron chi connectivity index (χ2n) is 4.57. The van der Waals surface area contributed by atoms with Crippen molar-refractivity contribution in [1.29, 1.82) is 0 Å². The van der Waals surface area contributed by atoms with Crippen LogP contribution in [-0.4, -0.2) is 23.0 Å². The Labute approximate surface area is 99.7 Å². The summed E-state index contributed by atoms with van der Waals surface area (Å²) in [5, 5.41) is 0. The topological polar surface area (TPSA) is 16.1 Å². The molecule has 1 heterocycles. The van der Waals surface area contributed by atoms with Crippen molar-refractivity contribution < 1.29 is 0 Å². The maximum atomic E-state index is 4.50. The van der Waals surface area contributed by atoms with E-state index in [0.717, 1.165) is 13.1 Å². The van der Waals surface area contributed by atoms with Crippen LogP contribution in [0.4, 0.5) is 0 Å². The molecule has 1 aromatic heterocycles. The molecule has 0 radical (unpaired) electrons. The minimum Gasteiger partial charge on any atom is -0.299 e. The Morgan fingerprint density at radius 3 is 2.62 bits per heavy atom. The molecule has 1 rings (SSSR count). The van der Waals surface area contributed by atoms with Gasteiger partial charge in [-0.3, -0.25) is 9.88 Å². The summed E-state index contributed by atoms with van der Waals surface area (Å²) in [4.78, 5) is 6.97. The quantitative estimate of drug-likeness (QED) is 0.730. The van der Waals surface area contributed by atoms with Crippen LogP contribution in [0.2, 0.25) is 0 Å². The lowest BCUT2D eigenvalue weighted by Crippen LogP contribution is -2.24. The highest BCUT2D eigenvalue weighted by atomic mass is 15.1. The van der Waals surface area contributed by atoms with E-state index in [1.54, 1.807) is 0 Å². The zero-order chi connectivity index (χ0) is 12.0. The molecule has 0 saturated heterocycles. The third kappa shape index (κ3) is 3.60. The van der Waals surface area contributed by atoms with Gasteiger partial charge in [-0.25, -0.2) is 0 Å². The average molecular weight is 220 g/mol. The molecule has 16 heavy (non-hydrogen) atoms. The van der Waals surface area contributed by atoms with Gasteiger partial charge < -0.3 is 0 Å². The van der Waals surface area contributed by atoms with Crippen LogP contribution in [0.5, 0.6) is 0 Å². The first-order valence-corrected chi connectivity index (χ1v) is 6.35. The van der Waals surface area contributed by atoms with Crippen LogP contribution in [0.25, 0.3) is 0 Å². The van der Waals surface area contributed by atoms with Crippen molar-refractivity contribution in [1.82, 2.24) is 9.88 Å². The summed E-state index contributed by atoms with van der Waals surface area (Å²) in [6, 6.07) is 4.25. The normalized spacial score (nSPS) is 11.4. The summed E-state index contributed by atoms with van der Waals surface area (Å²) in [7, 11) is 0. The molecular formula is C14H24N2. The van der Waals surface area contributed by atoms with E-state index < -0.39 is 0 Å². The fourth-order valence-electron chi connectivity index (χ4n) is 2.01. The molecule has 0 aliphatic rings. The van der Waals surface area contributed by atoms with Gasteiger partial charge in [-0.05, 0) is 37.1 Å². The Kier molecular flexibility index (Phi) is 5.47. The van der Waals surface area contributed by atoms with Crippen molar-refractivity contribution in [2.75, 3.05) is 13.1 Å². The molecule has 0 amide bonds. The smallest absolute Gasteiger partial charge is 0.0473 e. The number of aromatic nitrogens is 1. The summed E-state index contributed by atoms with van der Waals surface area (Å²) in [6.45, 7) is 12.2. The van der Waals surface area contributed by atoms with Gasteiger partial charge in [-0.2, -0.15) is 0 Å². The largest absolute Gasteiger partial charge is 0.299 e. The average Bonchev–Trinajstić information content (AvgIpc) is 2.29. The molecule has 0 bridgehead atoms. The highest BCUT2D eigenvalue weighted by Gasteiger charge is 2.10. The van der Waals surface area contributed by atoms with E-state index in [2.05, 4.69) is 43.6 Å². The van der Waals surface area contributed by atoms with E-state index in [9.17, 15) is 0 Å². The summed E-state index contributed by atoms with van der Waals surface area (Å²) >= 11 is 0. The number of hydrogen-bond donors (Lipinski definition) is 0. The Bertz CT molecular complexity index is 307. The lowest BCUT2D eigenvalue weighted by atomic mass is 10.0. The van der Waals surface area contributed by atoms with Crippen LogP contribution in [0.1, 0.15) is 51.3 Å². The first-order valence-electron chi connectivity index (χ1n) is 6.35. The van der Waals surface area contributed by atoms with Gasteiger partial charge in [-0.1, -0.05) is 33.8 Å². The van der Waals surface area contributed by atoms with Crippen molar-refractivity contribution in [3.8, 4) is 0 Å². The standard InChI is InChI=1S/C14H24N2/c1-5-10-16(6-2)11-13-8-7-9-15-14(13)12(3)4/h7-9,12H,5-6,10-11H2,1-4H3. The molecule has 90 valence electrons. The number of pyridine rings is 1. The van der Waals surface area contributed by atoms with Crippen LogP contribution in [0, 0.1) is 0 Å². The molecule has 0 unspecified atom stereocenters. The second kappa shape index (κ2) is 6.64. The minimum atomic E-state index is 0.511. The fraction of sp³-hybridized carbons (Fsp3) is 0.643. The maximum Gasteiger partial charge on any atom is 0.0473 e. The van der Waals surface area contributed by atoms with Crippen molar-refractivity contribution in [3.05, 3.63) is 29.6 Å². The van der Waals surface area contributed by atoms with Crippen LogP contribution >= 0.6 is 0 Å². The molecule has 2 heteroatoms. The van der Waals surface area contributed by atoms with Crippen molar-refractivity contribution in [2.45, 2.75) is 46.6 Å². The molecule has 0 aliphatic heterocycles. The summed E-state index contributed by atoms with van der Waals surface area (Å²) in [5.41, 5.74) is 2.63. The highest BCUT2D eigenvalue weighted by Crippen LogP contribution is 2.18. The van der Waals surface area contributed by atoms with Gasteiger partial charge in [0.25, 0.3) is 0 Å². The number of rotatable bonds is 6. The molecule has 0 N–H and O–H groups in total. The molecule has 0 fully saturated rings. The lowest BCUT2D eigenvalue weighted by molar-refractivity contribution is 0.279. The van der Waals surface area contributed by atoms with Crippen molar-refractivity contribution in [2.24, 2.45) is 0 Å². The van der Waals surface area contributed by atoms with Gasteiger partial charge in [0.1, 0.15) is 0 Å². The Hall–Kier alpha value is -0.890.